The van der Waals surface area contributed by atoms with Crippen LogP contribution >= 0.6 is 0 Å². The van der Waals surface area contributed by atoms with E-state index in [2.05, 4.69) is 10.3 Å². The van der Waals surface area contributed by atoms with E-state index in [4.69, 9.17) is 4.74 Å². The number of methoxy groups -OCH3 is 1. The van der Waals surface area contributed by atoms with Crippen molar-refractivity contribution in [3.05, 3.63) is 83.7 Å². The summed E-state index contributed by atoms with van der Waals surface area (Å²) < 4.78 is 35.2. The number of anilines is 1. The fourth-order valence-electron chi connectivity index (χ4n) is 3.09. The number of aromatic nitrogens is 2. The van der Waals surface area contributed by atoms with Crippen LogP contribution in [0.4, 0.5) is 14.5 Å². The number of fused-ring (bicyclic) bond motifs is 1. The first-order chi connectivity index (χ1) is 14.0. The Morgan fingerprint density at radius 2 is 1.86 bits per heavy atom. The van der Waals surface area contributed by atoms with Crippen molar-refractivity contribution in [2.24, 2.45) is 0 Å². The van der Waals surface area contributed by atoms with E-state index in [0.717, 1.165) is 23.0 Å². The van der Waals surface area contributed by atoms with Crippen molar-refractivity contribution in [1.29, 1.82) is 0 Å². The van der Waals surface area contributed by atoms with Gasteiger partial charge in [-0.15, -0.1) is 0 Å². The van der Waals surface area contributed by atoms with Crippen molar-refractivity contribution in [3.63, 3.8) is 0 Å². The van der Waals surface area contributed by atoms with Gasteiger partial charge < -0.3 is 10.1 Å². The molecule has 0 aliphatic rings. The van der Waals surface area contributed by atoms with Gasteiger partial charge in [0, 0.05) is 23.5 Å². The first kappa shape index (κ1) is 18.6. The number of amides is 1. The molecule has 0 bridgehead atoms. The molecule has 29 heavy (non-hydrogen) atoms. The van der Waals surface area contributed by atoms with Crippen molar-refractivity contribution in [2.75, 3.05) is 12.4 Å². The number of benzene rings is 2. The highest BCUT2D eigenvalue weighted by Crippen LogP contribution is 2.25. The van der Waals surface area contributed by atoms with Gasteiger partial charge in [-0.25, -0.2) is 13.8 Å². The number of aryl methyl sites for hydroxylation is 1. The molecule has 7 heteroatoms. The Morgan fingerprint density at radius 1 is 1.10 bits per heavy atom. The zero-order chi connectivity index (χ0) is 20.5. The Morgan fingerprint density at radius 3 is 2.59 bits per heavy atom. The summed E-state index contributed by atoms with van der Waals surface area (Å²) in [7, 11) is 1.59. The average molecular weight is 393 g/mol. The summed E-state index contributed by atoms with van der Waals surface area (Å²) >= 11 is 0. The second-order valence-corrected chi connectivity index (χ2v) is 6.52. The fraction of sp³-hybridized carbons (Fsp3) is 0.0909. The molecule has 0 atom stereocenters. The maximum atomic E-state index is 14.1. The van der Waals surface area contributed by atoms with Crippen LogP contribution in [0.1, 0.15) is 15.9 Å². The lowest BCUT2D eigenvalue weighted by Gasteiger charge is -2.09. The lowest BCUT2D eigenvalue weighted by Crippen LogP contribution is -2.16. The van der Waals surface area contributed by atoms with Crippen LogP contribution in [0.5, 0.6) is 5.75 Å². The second-order valence-electron chi connectivity index (χ2n) is 6.52. The molecule has 1 N–H and O–H groups in total. The molecule has 0 unspecified atom stereocenters. The van der Waals surface area contributed by atoms with Gasteiger partial charge in [-0.2, -0.15) is 0 Å². The molecular weight excluding hydrogens is 376 g/mol. The van der Waals surface area contributed by atoms with Gasteiger partial charge in [0.05, 0.1) is 19.0 Å². The Labute approximate surface area is 165 Å². The molecule has 0 radical (unpaired) electrons. The summed E-state index contributed by atoms with van der Waals surface area (Å²) in [6, 6.07) is 13.0. The molecule has 4 aromatic rings. The number of ether oxygens (including phenoxy) is 1. The van der Waals surface area contributed by atoms with Crippen LogP contribution in [0, 0.1) is 18.6 Å². The first-order valence-corrected chi connectivity index (χ1v) is 8.85. The number of nitrogens with zero attached hydrogens (tertiary/aromatic N) is 2. The zero-order valence-electron chi connectivity index (χ0n) is 15.7. The predicted octanol–water partition coefficient (Wildman–Crippen LogP) is 4.85. The summed E-state index contributed by atoms with van der Waals surface area (Å²) in [5.41, 5.74) is 2.50. The van der Waals surface area contributed by atoms with Gasteiger partial charge in [0.25, 0.3) is 5.91 Å². The molecule has 0 saturated heterocycles. The third kappa shape index (κ3) is 3.42. The average Bonchev–Trinajstić information content (AvgIpc) is 3.14. The SMILES string of the molecule is COc1ccn2c(-c3ccc(NC(=O)c4c(F)ccc(C)c4F)cc3)cnc2c1. The normalized spacial score (nSPS) is 10.9. The van der Waals surface area contributed by atoms with E-state index < -0.39 is 23.1 Å². The smallest absolute Gasteiger partial charge is 0.261 e. The minimum Gasteiger partial charge on any atom is -0.497 e. The Bertz CT molecular complexity index is 1220. The summed E-state index contributed by atoms with van der Waals surface area (Å²) in [5.74, 6) is -1.88. The van der Waals surface area contributed by atoms with Crippen LogP contribution in [0.3, 0.4) is 0 Å². The number of nitrogens with one attached hydrogen (secondary N) is 1. The van der Waals surface area contributed by atoms with Gasteiger partial charge in [0.2, 0.25) is 0 Å². The summed E-state index contributed by atoms with van der Waals surface area (Å²) in [4.78, 5) is 16.7. The maximum Gasteiger partial charge on any atom is 0.261 e. The van der Waals surface area contributed by atoms with Crippen molar-refractivity contribution in [3.8, 4) is 17.0 Å². The van der Waals surface area contributed by atoms with E-state index in [1.807, 2.05) is 22.7 Å². The summed E-state index contributed by atoms with van der Waals surface area (Å²) in [6.07, 6.45) is 3.59. The fourth-order valence-corrected chi connectivity index (χ4v) is 3.09. The van der Waals surface area contributed by atoms with Crippen LogP contribution in [-0.4, -0.2) is 22.4 Å². The molecule has 0 spiro atoms. The van der Waals surface area contributed by atoms with Crippen LogP contribution in [0.2, 0.25) is 0 Å². The molecule has 146 valence electrons. The monoisotopic (exact) mass is 393 g/mol. The van der Waals surface area contributed by atoms with Crippen molar-refractivity contribution in [2.45, 2.75) is 6.92 Å². The lowest BCUT2D eigenvalue weighted by atomic mass is 10.1. The summed E-state index contributed by atoms with van der Waals surface area (Å²) in [6.45, 7) is 1.48. The quantitative estimate of drug-likeness (QED) is 0.539. The van der Waals surface area contributed by atoms with Gasteiger partial charge in [-0.3, -0.25) is 9.20 Å². The van der Waals surface area contributed by atoms with Crippen molar-refractivity contribution < 1.29 is 18.3 Å². The molecule has 0 fully saturated rings. The number of carbonyl (C=O) groups is 1. The maximum absolute atomic E-state index is 14.1. The third-order valence-electron chi connectivity index (χ3n) is 4.67. The van der Waals surface area contributed by atoms with Crippen LogP contribution < -0.4 is 10.1 Å². The minimum absolute atomic E-state index is 0.205. The first-order valence-electron chi connectivity index (χ1n) is 8.85. The Hall–Kier alpha value is -3.74. The predicted molar refractivity (Wildman–Crippen MR) is 106 cm³/mol. The number of pyridine rings is 1. The standard InChI is InChI=1S/C22H17F2N3O2/c1-13-3-8-17(23)20(21(13)24)22(28)26-15-6-4-14(5-7-15)18-12-25-19-11-16(29-2)9-10-27(18)19/h3-12H,1-2H3,(H,26,28). The molecule has 4 rings (SSSR count). The van der Waals surface area contributed by atoms with Crippen molar-refractivity contribution in [1.82, 2.24) is 9.38 Å². The number of hydrogen-bond donors (Lipinski definition) is 1. The zero-order valence-corrected chi connectivity index (χ0v) is 15.7. The van der Waals surface area contributed by atoms with Gasteiger partial charge in [0.1, 0.15) is 28.6 Å². The lowest BCUT2D eigenvalue weighted by molar-refractivity contribution is 0.101. The molecule has 1 amide bonds. The topological polar surface area (TPSA) is 55.6 Å². The van der Waals surface area contributed by atoms with E-state index in [1.54, 1.807) is 37.6 Å². The molecule has 0 aliphatic heterocycles. The van der Waals surface area contributed by atoms with Gasteiger partial charge in [-0.05, 0) is 36.8 Å². The van der Waals surface area contributed by atoms with Gasteiger partial charge in [-0.1, -0.05) is 18.2 Å². The number of carbonyl (C=O) groups excluding carboxylic acids is 1. The molecular formula is C22H17F2N3O2. The molecule has 2 aromatic carbocycles. The third-order valence-corrected chi connectivity index (χ3v) is 4.67. The number of halogens is 2. The number of imidazole rings is 1. The van der Waals surface area contributed by atoms with E-state index >= 15 is 0 Å². The minimum atomic E-state index is -0.900. The van der Waals surface area contributed by atoms with E-state index in [0.29, 0.717) is 11.4 Å². The van der Waals surface area contributed by atoms with Crippen molar-refractivity contribution >= 4 is 17.2 Å². The molecule has 5 nitrogen and oxygen atoms in total. The number of rotatable bonds is 4. The van der Waals surface area contributed by atoms with Gasteiger partial charge in [0.15, 0.2) is 0 Å². The molecule has 2 heterocycles. The van der Waals surface area contributed by atoms with Crippen LogP contribution in [0.15, 0.2) is 60.9 Å². The van der Waals surface area contributed by atoms with Crippen LogP contribution in [-0.2, 0) is 0 Å². The molecule has 0 aliphatic carbocycles. The largest absolute Gasteiger partial charge is 0.497 e. The van der Waals surface area contributed by atoms with E-state index in [9.17, 15) is 13.6 Å². The van der Waals surface area contributed by atoms with Crippen LogP contribution in [0.25, 0.3) is 16.9 Å². The highest BCUT2D eigenvalue weighted by Gasteiger charge is 2.19. The Balaban J connectivity index is 1.59. The highest BCUT2D eigenvalue weighted by molar-refractivity contribution is 6.04. The highest BCUT2D eigenvalue weighted by atomic mass is 19.1. The molecule has 0 saturated carbocycles. The second kappa shape index (κ2) is 7.35. The van der Waals surface area contributed by atoms with E-state index in [-0.39, 0.29) is 5.56 Å². The van der Waals surface area contributed by atoms with Gasteiger partial charge >= 0.3 is 0 Å². The summed E-state index contributed by atoms with van der Waals surface area (Å²) in [5, 5.41) is 2.53. The Kier molecular flexibility index (Phi) is 4.72. The molecule has 2 aromatic heterocycles. The number of hydrogen-bond acceptors (Lipinski definition) is 3. The van der Waals surface area contributed by atoms with E-state index in [1.165, 1.54) is 13.0 Å².